The molecule has 0 aromatic carbocycles. The summed E-state index contributed by atoms with van der Waals surface area (Å²) in [4.78, 5) is 14.8. The van der Waals surface area contributed by atoms with Crippen molar-refractivity contribution in [3.63, 3.8) is 0 Å². The molecule has 0 saturated carbocycles. The van der Waals surface area contributed by atoms with Crippen molar-refractivity contribution in [2.24, 2.45) is 0 Å². The van der Waals surface area contributed by atoms with E-state index in [9.17, 15) is 4.79 Å². The number of pyridine rings is 1. The van der Waals surface area contributed by atoms with Crippen LogP contribution in [0.15, 0.2) is 12.1 Å². The number of hydrogen-bond donors (Lipinski definition) is 1. The first-order valence-electron chi connectivity index (χ1n) is 4.71. The highest BCUT2D eigenvalue weighted by atomic mass is 16.4. The van der Waals surface area contributed by atoms with Gasteiger partial charge in [0.05, 0.1) is 11.2 Å². The molecule has 0 unspecified atom stereocenters. The maximum absolute atomic E-state index is 10.7. The van der Waals surface area contributed by atoms with E-state index in [0.29, 0.717) is 5.52 Å². The minimum atomic E-state index is -1.01. The quantitative estimate of drug-likeness (QED) is 0.805. The third kappa shape index (κ3) is 1.45. The predicted octanol–water partition coefficient (Wildman–Crippen LogP) is 1.46. The molecule has 0 atom stereocenters. The average Bonchev–Trinajstić information content (AvgIpc) is 2.55. The molecular formula is C10H11N3O2. The number of fused-ring (bicyclic) bond motifs is 1. The van der Waals surface area contributed by atoms with E-state index < -0.39 is 5.97 Å². The van der Waals surface area contributed by atoms with Crippen LogP contribution in [-0.2, 0) is 6.54 Å². The number of aromatic carboxylic acids is 1. The van der Waals surface area contributed by atoms with Gasteiger partial charge in [0, 0.05) is 6.54 Å². The molecule has 2 heterocycles. The standard InChI is InChI=1S/C10H11N3O2/c1-3-13-8-5-4-7(10(14)15)11-9(8)6(2)12-13/h4-5H,3H2,1-2H3,(H,14,15). The highest BCUT2D eigenvalue weighted by Gasteiger charge is 2.11. The van der Waals surface area contributed by atoms with E-state index in [0.717, 1.165) is 17.8 Å². The van der Waals surface area contributed by atoms with Crippen LogP contribution >= 0.6 is 0 Å². The van der Waals surface area contributed by atoms with Gasteiger partial charge in [-0.05, 0) is 26.0 Å². The SMILES string of the molecule is CCn1nc(C)c2nc(C(=O)O)ccc21. The molecule has 2 aromatic rings. The molecule has 78 valence electrons. The molecule has 0 bridgehead atoms. The lowest BCUT2D eigenvalue weighted by Crippen LogP contribution is -2.00. The summed E-state index contributed by atoms with van der Waals surface area (Å²) in [6.45, 7) is 4.56. The first kappa shape index (κ1) is 9.64. The van der Waals surface area contributed by atoms with Crippen LogP contribution in [0.4, 0.5) is 0 Å². The molecular weight excluding hydrogens is 194 g/mol. The summed E-state index contributed by atoms with van der Waals surface area (Å²) >= 11 is 0. The Morgan fingerprint density at radius 3 is 2.87 bits per heavy atom. The molecule has 0 aliphatic heterocycles. The summed E-state index contributed by atoms with van der Waals surface area (Å²) in [5, 5.41) is 13.1. The van der Waals surface area contributed by atoms with Crippen LogP contribution in [0.3, 0.4) is 0 Å². The minimum Gasteiger partial charge on any atom is -0.477 e. The first-order chi connectivity index (χ1) is 7.13. The Bertz CT molecular complexity index is 531. The lowest BCUT2D eigenvalue weighted by Gasteiger charge is -1.97. The van der Waals surface area contributed by atoms with Crippen molar-refractivity contribution in [1.29, 1.82) is 0 Å². The zero-order chi connectivity index (χ0) is 11.0. The first-order valence-corrected chi connectivity index (χ1v) is 4.71. The summed E-state index contributed by atoms with van der Waals surface area (Å²) in [6.07, 6.45) is 0. The second-order valence-electron chi connectivity index (χ2n) is 3.27. The number of carboxylic acid groups (broad SMARTS) is 1. The fraction of sp³-hybridized carbons (Fsp3) is 0.300. The van der Waals surface area contributed by atoms with Crippen LogP contribution in [0.25, 0.3) is 11.0 Å². The van der Waals surface area contributed by atoms with Gasteiger partial charge < -0.3 is 5.11 Å². The van der Waals surface area contributed by atoms with Crippen LogP contribution < -0.4 is 0 Å². The molecule has 0 amide bonds. The van der Waals surface area contributed by atoms with Gasteiger partial charge in [0.25, 0.3) is 0 Å². The number of aryl methyl sites for hydroxylation is 2. The highest BCUT2D eigenvalue weighted by molar-refractivity contribution is 5.89. The van der Waals surface area contributed by atoms with E-state index in [2.05, 4.69) is 10.1 Å². The van der Waals surface area contributed by atoms with Crippen LogP contribution in [0.1, 0.15) is 23.1 Å². The summed E-state index contributed by atoms with van der Waals surface area (Å²) < 4.78 is 1.81. The molecule has 0 aliphatic rings. The van der Waals surface area contributed by atoms with Gasteiger partial charge in [-0.15, -0.1) is 0 Å². The Morgan fingerprint density at radius 1 is 1.53 bits per heavy atom. The molecule has 0 radical (unpaired) electrons. The van der Waals surface area contributed by atoms with E-state index >= 15 is 0 Å². The van der Waals surface area contributed by atoms with Gasteiger partial charge in [0.2, 0.25) is 0 Å². The molecule has 0 aliphatic carbocycles. The van der Waals surface area contributed by atoms with Crippen LogP contribution in [0.5, 0.6) is 0 Å². The molecule has 2 rings (SSSR count). The smallest absolute Gasteiger partial charge is 0.354 e. The number of hydrogen-bond acceptors (Lipinski definition) is 3. The number of aromatic nitrogens is 3. The van der Waals surface area contributed by atoms with Gasteiger partial charge in [-0.2, -0.15) is 5.10 Å². The summed E-state index contributed by atoms with van der Waals surface area (Å²) in [5.74, 6) is -1.01. The second-order valence-corrected chi connectivity index (χ2v) is 3.27. The summed E-state index contributed by atoms with van der Waals surface area (Å²) in [5.41, 5.74) is 2.35. The molecule has 0 saturated heterocycles. The Morgan fingerprint density at radius 2 is 2.27 bits per heavy atom. The fourth-order valence-electron chi connectivity index (χ4n) is 1.57. The molecule has 5 heteroatoms. The van der Waals surface area contributed by atoms with E-state index in [1.807, 2.05) is 18.5 Å². The molecule has 5 nitrogen and oxygen atoms in total. The van der Waals surface area contributed by atoms with Crippen LogP contribution in [-0.4, -0.2) is 25.8 Å². The van der Waals surface area contributed by atoms with Crippen molar-refractivity contribution >= 4 is 17.0 Å². The van der Waals surface area contributed by atoms with Crippen molar-refractivity contribution in [2.45, 2.75) is 20.4 Å². The lowest BCUT2D eigenvalue weighted by molar-refractivity contribution is 0.0691. The van der Waals surface area contributed by atoms with Gasteiger partial charge in [-0.25, -0.2) is 9.78 Å². The van der Waals surface area contributed by atoms with Gasteiger partial charge >= 0.3 is 5.97 Å². The minimum absolute atomic E-state index is 0.0567. The van der Waals surface area contributed by atoms with Crippen molar-refractivity contribution in [1.82, 2.24) is 14.8 Å². The Kier molecular flexibility index (Phi) is 2.15. The van der Waals surface area contributed by atoms with E-state index in [-0.39, 0.29) is 5.69 Å². The lowest BCUT2D eigenvalue weighted by atomic mass is 10.3. The highest BCUT2D eigenvalue weighted by Crippen LogP contribution is 2.16. The van der Waals surface area contributed by atoms with Gasteiger partial charge in [0.1, 0.15) is 11.2 Å². The third-order valence-corrected chi connectivity index (χ3v) is 2.28. The fourth-order valence-corrected chi connectivity index (χ4v) is 1.57. The Hall–Kier alpha value is -1.91. The van der Waals surface area contributed by atoms with E-state index in [1.165, 1.54) is 6.07 Å². The van der Waals surface area contributed by atoms with Crippen LogP contribution in [0, 0.1) is 6.92 Å². The normalized spacial score (nSPS) is 10.8. The number of rotatable bonds is 2. The predicted molar refractivity (Wildman–Crippen MR) is 54.9 cm³/mol. The van der Waals surface area contributed by atoms with Gasteiger partial charge in [-0.1, -0.05) is 0 Å². The molecule has 0 spiro atoms. The molecule has 1 N–H and O–H groups in total. The topological polar surface area (TPSA) is 68.0 Å². The zero-order valence-corrected chi connectivity index (χ0v) is 8.56. The van der Waals surface area contributed by atoms with E-state index in [1.54, 1.807) is 6.07 Å². The number of nitrogens with zero attached hydrogens (tertiary/aromatic N) is 3. The van der Waals surface area contributed by atoms with Crippen molar-refractivity contribution in [3.8, 4) is 0 Å². The Balaban J connectivity index is 2.72. The second kappa shape index (κ2) is 3.34. The van der Waals surface area contributed by atoms with E-state index in [4.69, 9.17) is 5.11 Å². The monoisotopic (exact) mass is 205 g/mol. The largest absolute Gasteiger partial charge is 0.477 e. The summed E-state index contributed by atoms with van der Waals surface area (Å²) in [7, 11) is 0. The van der Waals surface area contributed by atoms with Gasteiger partial charge in [-0.3, -0.25) is 4.68 Å². The van der Waals surface area contributed by atoms with Crippen LogP contribution in [0.2, 0.25) is 0 Å². The Labute approximate surface area is 86.4 Å². The average molecular weight is 205 g/mol. The number of carboxylic acids is 1. The maximum atomic E-state index is 10.7. The maximum Gasteiger partial charge on any atom is 0.354 e. The van der Waals surface area contributed by atoms with Crippen molar-refractivity contribution in [2.75, 3.05) is 0 Å². The van der Waals surface area contributed by atoms with Gasteiger partial charge in [0.15, 0.2) is 0 Å². The number of carbonyl (C=O) groups is 1. The molecule has 0 fully saturated rings. The zero-order valence-electron chi connectivity index (χ0n) is 8.56. The summed E-state index contributed by atoms with van der Waals surface area (Å²) in [6, 6.07) is 3.24. The third-order valence-electron chi connectivity index (χ3n) is 2.28. The van der Waals surface area contributed by atoms with Crippen molar-refractivity contribution < 1.29 is 9.90 Å². The molecule has 2 aromatic heterocycles. The molecule has 15 heavy (non-hydrogen) atoms. The van der Waals surface area contributed by atoms with Crippen molar-refractivity contribution in [3.05, 3.63) is 23.5 Å².